The largest absolute Gasteiger partial charge is 0.481 e. The molecule has 2 rings (SSSR count). The highest BCUT2D eigenvalue weighted by molar-refractivity contribution is 5.91. The average molecular weight is 276 g/mol. The molecule has 0 spiro atoms. The Morgan fingerprint density at radius 3 is 2.35 bits per heavy atom. The maximum Gasteiger partial charge on any atom is 0.335 e. The standard InChI is InChI=1S/C16H20O4/c1-10-5-6-11(13(17)18)12(9-10)15(2)7-4-8-16(15,3)14(19)20/h5-6,9H,4,7-8H2,1-3H3,(H,17,18)(H,19,20)/t15-,16-/m1/s1. The lowest BCUT2D eigenvalue weighted by Crippen LogP contribution is -2.43. The molecule has 20 heavy (non-hydrogen) atoms. The SMILES string of the molecule is Cc1ccc(C(=O)O)c([C@@]2(C)CCC[C@]2(C)C(=O)O)c1. The van der Waals surface area contributed by atoms with Crippen molar-refractivity contribution >= 4 is 11.9 Å². The van der Waals surface area contributed by atoms with Crippen LogP contribution in [0.4, 0.5) is 0 Å². The quantitative estimate of drug-likeness (QED) is 0.888. The Morgan fingerprint density at radius 1 is 1.15 bits per heavy atom. The van der Waals surface area contributed by atoms with Crippen LogP contribution < -0.4 is 0 Å². The van der Waals surface area contributed by atoms with Gasteiger partial charge in [0, 0.05) is 5.41 Å². The van der Waals surface area contributed by atoms with Crippen molar-refractivity contribution in [3.05, 3.63) is 34.9 Å². The number of carbonyl (C=O) groups is 2. The second-order valence-electron chi connectivity index (χ2n) is 6.18. The first-order chi connectivity index (χ1) is 9.22. The van der Waals surface area contributed by atoms with E-state index in [4.69, 9.17) is 0 Å². The van der Waals surface area contributed by atoms with E-state index in [1.807, 2.05) is 19.9 Å². The lowest BCUT2D eigenvalue weighted by atomic mass is 9.63. The third-order valence-electron chi connectivity index (χ3n) is 5.04. The number of benzene rings is 1. The summed E-state index contributed by atoms with van der Waals surface area (Å²) >= 11 is 0. The Balaban J connectivity index is 2.68. The van der Waals surface area contributed by atoms with E-state index in [9.17, 15) is 19.8 Å². The second-order valence-corrected chi connectivity index (χ2v) is 6.18. The van der Waals surface area contributed by atoms with Gasteiger partial charge in [0.05, 0.1) is 11.0 Å². The van der Waals surface area contributed by atoms with Crippen LogP contribution in [-0.4, -0.2) is 22.2 Å². The lowest BCUT2D eigenvalue weighted by molar-refractivity contribution is -0.150. The maximum absolute atomic E-state index is 11.7. The molecule has 0 heterocycles. The number of carboxylic acid groups (broad SMARTS) is 2. The molecule has 0 unspecified atom stereocenters. The van der Waals surface area contributed by atoms with E-state index in [1.165, 1.54) is 0 Å². The predicted molar refractivity (Wildman–Crippen MR) is 75.1 cm³/mol. The molecule has 0 radical (unpaired) electrons. The van der Waals surface area contributed by atoms with Crippen LogP contribution in [0.3, 0.4) is 0 Å². The molecule has 0 bridgehead atoms. The van der Waals surface area contributed by atoms with Crippen molar-refractivity contribution < 1.29 is 19.8 Å². The predicted octanol–water partition coefficient (Wildman–Crippen LogP) is 3.23. The molecule has 1 aliphatic carbocycles. The molecule has 1 aliphatic rings. The number of aliphatic carboxylic acids is 1. The monoisotopic (exact) mass is 276 g/mol. The topological polar surface area (TPSA) is 74.6 Å². The minimum Gasteiger partial charge on any atom is -0.481 e. The Bertz CT molecular complexity index is 578. The Hall–Kier alpha value is -1.84. The number of aromatic carboxylic acids is 1. The maximum atomic E-state index is 11.7. The molecule has 0 amide bonds. The lowest BCUT2D eigenvalue weighted by Gasteiger charge is -2.39. The Morgan fingerprint density at radius 2 is 1.80 bits per heavy atom. The van der Waals surface area contributed by atoms with E-state index in [-0.39, 0.29) is 5.56 Å². The van der Waals surface area contributed by atoms with Crippen LogP contribution in [0.1, 0.15) is 54.6 Å². The third-order valence-corrected chi connectivity index (χ3v) is 5.04. The first-order valence-corrected chi connectivity index (χ1v) is 6.80. The highest BCUT2D eigenvalue weighted by atomic mass is 16.4. The van der Waals surface area contributed by atoms with E-state index < -0.39 is 22.8 Å². The van der Waals surface area contributed by atoms with E-state index in [1.54, 1.807) is 19.1 Å². The van der Waals surface area contributed by atoms with Gasteiger partial charge in [0.15, 0.2) is 0 Å². The zero-order chi connectivity index (χ0) is 15.1. The van der Waals surface area contributed by atoms with Gasteiger partial charge in [0.25, 0.3) is 0 Å². The minimum absolute atomic E-state index is 0.215. The molecule has 0 saturated heterocycles. The zero-order valence-corrected chi connectivity index (χ0v) is 12.1. The molecule has 1 aromatic rings. The van der Waals surface area contributed by atoms with Crippen molar-refractivity contribution in [2.75, 3.05) is 0 Å². The van der Waals surface area contributed by atoms with Crippen molar-refractivity contribution in [1.82, 2.24) is 0 Å². The van der Waals surface area contributed by atoms with Crippen LogP contribution in [0, 0.1) is 12.3 Å². The number of aryl methyl sites for hydroxylation is 1. The van der Waals surface area contributed by atoms with E-state index in [0.29, 0.717) is 18.4 Å². The summed E-state index contributed by atoms with van der Waals surface area (Å²) in [5.74, 6) is -1.85. The number of hydrogen-bond acceptors (Lipinski definition) is 2. The van der Waals surface area contributed by atoms with E-state index in [0.717, 1.165) is 12.0 Å². The molecular weight excluding hydrogens is 256 g/mol. The summed E-state index contributed by atoms with van der Waals surface area (Å²) in [6.07, 6.45) is 2.07. The van der Waals surface area contributed by atoms with Crippen molar-refractivity contribution in [1.29, 1.82) is 0 Å². The molecule has 1 aromatic carbocycles. The summed E-state index contributed by atoms with van der Waals surface area (Å²) < 4.78 is 0. The highest BCUT2D eigenvalue weighted by Crippen LogP contribution is 2.55. The summed E-state index contributed by atoms with van der Waals surface area (Å²) in [6.45, 7) is 5.51. The van der Waals surface area contributed by atoms with Crippen molar-refractivity contribution in [3.63, 3.8) is 0 Å². The molecule has 2 N–H and O–H groups in total. The normalized spacial score (nSPS) is 29.4. The molecule has 0 aliphatic heterocycles. The fraction of sp³-hybridized carbons (Fsp3) is 0.500. The first-order valence-electron chi connectivity index (χ1n) is 6.80. The van der Waals surface area contributed by atoms with Crippen LogP contribution in [0.25, 0.3) is 0 Å². The number of carboxylic acids is 2. The van der Waals surface area contributed by atoms with Gasteiger partial charge < -0.3 is 10.2 Å². The van der Waals surface area contributed by atoms with Gasteiger partial charge in [0.1, 0.15) is 0 Å². The van der Waals surface area contributed by atoms with Gasteiger partial charge in [-0.3, -0.25) is 4.79 Å². The number of hydrogen-bond donors (Lipinski definition) is 2. The molecule has 1 fully saturated rings. The van der Waals surface area contributed by atoms with Crippen molar-refractivity contribution in [2.24, 2.45) is 5.41 Å². The van der Waals surface area contributed by atoms with Crippen LogP contribution in [-0.2, 0) is 10.2 Å². The molecular formula is C16H20O4. The summed E-state index contributed by atoms with van der Waals surface area (Å²) in [6, 6.07) is 5.16. The number of rotatable bonds is 3. The van der Waals surface area contributed by atoms with Gasteiger partial charge in [-0.25, -0.2) is 4.79 Å². The molecule has 108 valence electrons. The third kappa shape index (κ3) is 1.90. The van der Waals surface area contributed by atoms with Crippen LogP contribution in [0.15, 0.2) is 18.2 Å². The highest BCUT2D eigenvalue weighted by Gasteiger charge is 2.55. The second kappa shape index (κ2) is 4.62. The fourth-order valence-electron chi connectivity index (χ4n) is 3.42. The molecule has 1 saturated carbocycles. The summed E-state index contributed by atoms with van der Waals surface area (Å²) in [4.78, 5) is 23.2. The van der Waals surface area contributed by atoms with Gasteiger partial charge in [-0.2, -0.15) is 0 Å². The van der Waals surface area contributed by atoms with Gasteiger partial charge in [-0.15, -0.1) is 0 Å². The molecule has 4 heteroatoms. The van der Waals surface area contributed by atoms with Crippen molar-refractivity contribution in [3.8, 4) is 0 Å². The van der Waals surface area contributed by atoms with Gasteiger partial charge >= 0.3 is 11.9 Å². The van der Waals surface area contributed by atoms with E-state index >= 15 is 0 Å². The summed E-state index contributed by atoms with van der Waals surface area (Å²) in [5, 5.41) is 19.0. The molecule has 4 nitrogen and oxygen atoms in total. The minimum atomic E-state index is -0.999. The summed E-state index contributed by atoms with van der Waals surface area (Å²) in [7, 11) is 0. The summed E-state index contributed by atoms with van der Waals surface area (Å²) in [5.41, 5.74) is 0.231. The van der Waals surface area contributed by atoms with Crippen LogP contribution >= 0.6 is 0 Å². The van der Waals surface area contributed by atoms with Gasteiger partial charge in [-0.1, -0.05) is 31.0 Å². The Kier molecular flexibility index (Phi) is 3.36. The van der Waals surface area contributed by atoms with Gasteiger partial charge in [0.2, 0.25) is 0 Å². The Labute approximate surface area is 118 Å². The smallest absolute Gasteiger partial charge is 0.335 e. The molecule has 0 aromatic heterocycles. The van der Waals surface area contributed by atoms with Crippen molar-refractivity contribution in [2.45, 2.75) is 45.4 Å². The zero-order valence-electron chi connectivity index (χ0n) is 12.1. The van der Waals surface area contributed by atoms with Crippen LogP contribution in [0.2, 0.25) is 0 Å². The fourth-order valence-corrected chi connectivity index (χ4v) is 3.42. The average Bonchev–Trinajstić information content (AvgIpc) is 2.67. The van der Waals surface area contributed by atoms with Gasteiger partial charge in [-0.05, 0) is 38.3 Å². The molecule has 2 atom stereocenters. The first kappa shape index (κ1) is 14.6. The van der Waals surface area contributed by atoms with E-state index in [2.05, 4.69) is 0 Å². The van der Waals surface area contributed by atoms with Crippen LogP contribution in [0.5, 0.6) is 0 Å².